The van der Waals surface area contributed by atoms with Gasteiger partial charge in [-0.3, -0.25) is 11.3 Å². The van der Waals surface area contributed by atoms with Crippen LogP contribution in [0.5, 0.6) is 5.75 Å². The fourth-order valence-corrected chi connectivity index (χ4v) is 1.39. The maximum absolute atomic E-state index is 8.85. The minimum Gasteiger partial charge on any atom is -0.508 e. The SMILES string of the molecule is CCCCCCNN.CCc1ccc(O)cc1. The molecule has 17 heavy (non-hydrogen) atoms. The van der Waals surface area contributed by atoms with Crippen LogP contribution in [0, 0.1) is 0 Å². The van der Waals surface area contributed by atoms with Crippen molar-refractivity contribution < 1.29 is 5.11 Å². The zero-order valence-electron chi connectivity index (χ0n) is 11.1. The average Bonchev–Trinajstić information content (AvgIpc) is 2.37. The summed E-state index contributed by atoms with van der Waals surface area (Å²) in [5, 5.41) is 8.85. The number of aromatic hydroxyl groups is 1. The van der Waals surface area contributed by atoms with E-state index < -0.39 is 0 Å². The van der Waals surface area contributed by atoms with Crippen LogP contribution in [-0.2, 0) is 6.42 Å². The van der Waals surface area contributed by atoms with Crippen molar-refractivity contribution in [2.24, 2.45) is 5.84 Å². The molecule has 0 unspecified atom stereocenters. The van der Waals surface area contributed by atoms with E-state index in [-0.39, 0.29) is 0 Å². The molecule has 3 nitrogen and oxygen atoms in total. The Labute approximate surface area is 105 Å². The van der Waals surface area contributed by atoms with Gasteiger partial charge >= 0.3 is 0 Å². The Bertz CT molecular complexity index is 253. The summed E-state index contributed by atoms with van der Waals surface area (Å²) in [4.78, 5) is 0. The van der Waals surface area contributed by atoms with Crippen LogP contribution in [0.15, 0.2) is 24.3 Å². The molecule has 0 fully saturated rings. The van der Waals surface area contributed by atoms with E-state index in [4.69, 9.17) is 10.9 Å². The fourth-order valence-electron chi connectivity index (χ4n) is 1.39. The summed E-state index contributed by atoms with van der Waals surface area (Å²) in [5.74, 6) is 5.40. The second kappa shape index (κ2) is 11.4. The molecule has 3 heteroatoms. The van der Waals surface area contributed by atoms with Crippen LogP contribution in [0.25, 0.3) is 0 Å². The first-order valence-corrected chi connectivity index (χ1v) is 6.45. The topological polar surface area (TPSA) is 58.3 Å². The molecule has 0 saturated carbocycles. The van der Waals surface area contributed by atoms with Crippen molar-refractivity contribution in [1.82, 2.24) is 5.43 Å². The smallest absolute Gasteiger partial charge is 0.115 e. The van der Waals surface area contributed by atoms with Crippen molar-refractivity contribution in [2.75, 3.05) is 6.54 Å². The lowest BCUT2D eigenvalue weighted by Gasteiger charge is -1.95. The molecule has 0 aliphatic rings. The highest BCUT2D eigenvalue weighted by molar-refractivity contribution is 5.25. The quantitative estimate of drug-likeness (QED) is 0.406. The molecule has 0 heterocycles. The number of phenolic OH excluding ortho intramolecular Hbond substituents is 1. The Hall–Kier alpha value is -1.06. The molecular weight excluding hydrogens is 212 g/mol. The molecule has 0 aromatic heterocycles. The van der Waals surface area contributed by atoms with E-state index in [1.807, 2.05) is 12.1 Å². The predicted molar refractivity (Wildman–Crippen MR) is 73.8 cm³/mol. The third-order valence-corrected chi connectivity index (χ3v) is 2.52. The van der Waals surface area contributed by atoms with Gasteiger partial charge in [0.1, 0.15) is 5.75 Å². The molecule has 1 aromatic carbocycles. The van der Waals surface area contributed by atoms with Crippen molar-refractivity contribution >= 4 is 0 Å². The molecule has 0 spiro atoms. The number of nitrogens with one attached hydrogen (secondary N) is 1. The Balaban J connectivity index is 0.000000304. The van der Waals surface area contributed by atoms with Crippen LogP contribution in [0.4, 0.5) is 0 Å². The molecule has 0 aliphatic heterocycles. The lowest BCUT2D eigenvalue weighted by Crippen LogP contribution is -2.22. The Kier molecular flexibility index (Phi) is 10.7. The summed E-state index contributed by atoms with van der Waals surface area (Å²) in [6.07, 6.45) is 6.18. The highest BCUT2D eigenvalue weighted by Gasteiger charge is 1.86. The maximum atomic E-state index is 8.85. The zero-order chi connectivity index (χ0) is 12.9. The normalized spacial score (nSPS) is 9.59. The molecule has 0 radical (unpaired) electrons. The van der Waals surface area contributed by atoms with Crippen LogP contribution in [0.3, 0.4) is 0 Å². The number of rotatable bonds is 6. The van der Waals surface area contributed by atoms with Crippen molar-refractivity contribution in [3.05, 3.63) is 29.8 Å². The number of hydrogen-bond donors (Lipinski definition) is 3. The predicted octanol–water partition coefficient (Wildman–Crippen LogP) is 2.98. The van der Waals surface area contributed by atoms with Crippen LogP contribution in [0.2, 0.25) is 0 Å². The monoisotopic (exact) mass is 238 g/mol. The van der Waals surface area contributed by atoms with Gasteiger partial charge in [-0.15, -0.1) is 0 Å². The van der Waals surface area contributed by atoms with Gasteiger partial charge in [0.25, 0.3) is 0 Å². The third kappa shape index (κ3) is 9.85. The molecule has 0 bridgehead atoms. The molecule has 0 atom stereocenters. The number of aryl methyl sites for hydroxylation is 1. The zero-order valence-corrected chi connectivity index (χ0v) is 11.1. The van der Waals surface area contributed by atoms with E-state index in [9.17, 15) is 0 Å². The van der Waals surface area contributed by atoms with Crippen LogP contribution in [-0.4, -0.2) is 11.7 Å². The fraction of sp³-hybridized carbons (Fsp3) is 0.571. The van der Waals surface area contributed by atoms with Crippen LogP contribution in [0.1, 0.15) is 45.1 Å². The molecule has 0 aliphatic carbocycles. The van der Waals surface area contributed by atoms with E-state index in [2.05, 4.69) is 19.3 Å². The van der Waals surface area contributed by atoms with Crippen molar-refractivity contribution in [3.63, 3.8) is 0 Å². The summed E-state index contributed by atoms with van der Waals surface area (Å²) in [6.45, 7) is 5.25. The second-order valence-corrected chi connectivity index (χ2v) is 4.03. The number of unbranched alkanes of at least 4 members (excludes halogenated alkanes) is 3. The maximum Gasteiger partial charge on any atom is 0.115 e. The van der Waals surface area contributed by atoms with E-state index in [0.717, 1.165) is 13.0 Å². The Morgan fingerprint density at radius 1 is 1.06 bits per heavy atom. The summed E-state index contributed by atoms with van der Waals surface area (Å²) < 4.78 is 0. The van der Waals surface area contributed by atoms with Gasteiger partial charge in [0.15, 0.2) is 0 Å². The van der Waals surface area contributed by atoms with Crippen molar-refractivity contribution in [1.29, 1.82) is 0 Å². The molecular formula is C14H26N2O. The van der Waals surface area contributed by atoms with Gasteiger partial charge in [-0.05, 0) is 30.5 Å². The summed E-state index contributed by atoms with van der Waals surface area (Å²) >= 11 is 0. The number of hydrazine groups is 1. The summed E-state index contributed by atoms with van der Waals surface area (Å²) in [7, 11) is 0. The van der Waals surface area contributed by atoms with Gasteiger partial charge in [0, 0.05) is 6.54 Å². The molecule has 0 amide bonds. The first-order valence-electron chi connectivity index (χ1n) is 6.45. The molecule has 98 valence electrons. The summed E-state index contributed by atoms with van der Waals surface area (Å²) in [5.41, 5.74) is 3.88. The van der Waals surface area contributed by atoms with Crippen molar-refractivity contribution in [2.45, 2.75) is 46.0 Å². The standard InChI is InChI=1S/C8H10O.C6H16N2/c1-2-7-3-5-8(9)6-4-7;1-2-3-4-5-6-8-7/h3-6,9H,2H2,1H3;8H,2-7H2,1H3. The first-order chi connectivity index (χ1) is 8.24. The highest BCUT2D eigenvalue weighted by atomic mass is 16.3. The van der Waals surface area contributed by atoms with Gasteiger partial charge in [-0.2, -0.15) is 0 Å². The van der Waals surface area contributed by atoms with Gasteiger partial charge in [-0.25, -0.2) is 0 Å². The first kappa shape index (κ1) is 15.9. The number of nitrogens with two attached hydrogens (primary N) is 1. The van der Waals surface area contributed by atoms with E-state index in [0.29, 0.717) is 5.75 Å². The van der Waals surface area contributed by atoms with E-state index in [1.165, 1.54) is 31.2 Å². The second-order valence-electron chi connectivity index (χ2n) is 4.03. The lowest BCUT2D eigenvalue weighted by molar-refractivity contribution is 0.475. The highest BCUT2D eigenvalue weighted by Crippen LogP contribution is 2.09. The minimum absolute atomic E-state index is 0.340. The van der Waals surface area contributed by atoms with Crippen LogP contribution < -0.4 is 11.3 Å². The minimum atomic E-state index is 0.340. The number of benzene rings is 1. The van der Waals surface area contributed by atoms with Gasteiger partial charge in [0.2, 0.25) is 0 Å². The lowest BCUT2D eigenvalue weighted by atomic mass is 10.2. The molecule has 0 saturated heterocycles. The number of hydrogen-bond acceptors (Lipinski definition) is 3. The average molecular weight is 238 g/mol. The molecule has 4 N–H and O–H groups in total. The summed E-state index contributed by atoms with van der Waals surface area (Å²) in [6, 6.07) is 7.27. The third-order valence-electron chi connectivity index (χ3n) is 2.52. The van der Waals surface area contributed by atoms with Crippen molar-refractivity contribution in [3.8, 4) is 5.75 Å². The largest absolute Gasteiger partial charge is 0.508 e. The molecule has 1 rings (SSSR count). The van der Waals surface area contributed by atoms with Gasteiger partial charge in [-0.1, -0.05) is 45.2 Å². The Morgan fingerprint density at radius 2 is 1.71 bits per heavy atom. The van der Waals surface area contributed by atoms with E-state index in [1.54, 1.807) is 12.1 Å². The Morgan fingerprint density at radius 3 is 2.18 bits per heavy atom. The van der Waals surface area contributed by atoms with E-state index >= 15 is 0 Å². The van der Waals surface area contributed by atoms with Gasteiger partial charge < -0.3 is 5.11 Å². The van der Waals surface area contributed by atoms with Crippen LogP contribution >= 0.6 is 0 Å². The number of phenols is 1. The molecule has 1 aromatic rings. The van der Waals surface area contributed by atoms with Gasteiger partial charge in [0.05, 0.1) is 0 Å².